The van der Waals surface area contributed by atoms with Crippen molar-refractivity contribution < 1.29 is 9.53 Å². The maximum Gasteiger partial charge on any atom is 0.217 e. The van der Waals surface area contributed by atoms with E-state index in [-0.39, 0.29) is 24.2 Å². The molecule has 1 saturated heterocycles. The van der Waals surface area contributed by atoms with Gasteiger partial charge in [0, 0.05) is 31.8 Å². The van der Waals surface area contributed by atoms with Crippen LogP contribution >= 0.6 is 0 Å². The highest BCUT2D eigenvalue weighted by molar-refractivity contribution is 5.73. The van der Waals surface area contributed by atoms with Gasteiger partial charge >= 0.3 is 0 Å². The van der Waals surface area contributed by atoms with Gasteiger partial charge in [-0.15, -0.1) is 0 Å². The van der Waals surface area contributed by atoms with E-state index in [1.165, 1.54) is 5.56 Å². The highest BCUT2D eigenvalue weighted by Crippen LogP contribution is 2.35. The summed E-state index contributed by atoms with van der Waals surface area (Å²) >= 11 is 0. The predicted octanol–water partition coefficient (Wildman–Crippen LogP) is 3.48. The summed E-state index contributed by atoms with van der Waals surface area (Å²) in [4.78, 5) is 16.0. The predicted molar refractivity (Wildman–Crippen MR) is 103 cm³/mol. The average molecular weight is 353 g/mol. The van der Waals surface area contributed by atoms with Crippen LogP contribution in [-0.2, 0) is 16.0 Å². The molecule has 0 saturated carbocycles. The third-order valence-electron chi connectivity index (χ3n) is 4.83. The number of benzene rings is 1. The number of aromatic nitrogens is 1. The molecule has 3 atom stereocenters. The van der Waals surface area contributed by atoms with Gasteiger partial charge in [-0.25, -0.2) is 4.98 Å². The second-order valence-electron chi connectivity index (χ2n) is 6.83. The Bertz CT molecular complexity index is 720. The van der Waals surface area contributed by atoms with E-state index < -0.39 is 0 Å². The minimum absolute atomic E-state index is 0.0116. The number of pyridine rings is 1. The van der Waals surface area contributed by atoms with Crippen molar-refractivity contribution in [1.29, 1.82) is 0 Å². The SMILES string of the molecule is CNc1ncccc1[C@@H]1C[C@H](NC(C)=O)C[C@H](CCc2ccccc2)O1. The Kier molecular flexibility index (Phi) is 6.23. The van der Waals surface area contributed by atoms with Crippen LogP contribution in [0.3, 0.4) is 0 Å². The molecule has 1 aromatic heterocycles. The van der Waals surface area contributed by atoms with Crippen LogP contribution in [0.25, 0.3) is 0 Å². The van der Waals surface area contributed by atoms with Crippen LogP contribution in [0.2, 0.25) is 0 Å². The molecule has 3 rings (SSSR count). The molecule has 1 fully saturated rings. The highest BCUT2D eigenvalue weighted by atomic mass is 16.5. The van der Waals surface area contributed by atoms with Gasteiger partial charge < -0.3 is 15.4 Å². The van der Waals surface area contributed by atoms with Gasteiger partial charge in [-0.3, -0.25) is 4.79 Å². The first-order chi connectivity index (χ1) is 12.7. The normalized spacial score (nSPS) is 22.6. The van der Waals surface area contributed by atoms with E-state index in [1.54, 1.807) is 13.1 Å². The number of hydrogen-bond donors (Lipinski definition) is 2. The first kappa shape index (κ1) is 18.4. The topological polar surface area (TPSA) is 63.2 Å². The summed E-state index contributed by atoms with van der Waals surface area (Å²) in [6.45, 7) is 1.58. The van der Waals surface area contributed by atoms with E-state index in [4.69, 9.17) is 4.74 Å². The van der Waals surface area contributed by atoms with Gasteiger partial charge in [-0.2, -0.15) is 0 Å². The number of anilines is 1. The molecule has 0 unspecified atom stereocenters. The lowest BCUT2D eigenvalue weighted by Gasteiger charge is -2.36. The molecule has 26 heavy (non-hydrogen) atoms. The Balaban J connectivity index is 1.73. The summed E-state index contributed by atoms with van der Waals surface area (Å²) in [5, 5.41) is 6.23. The van der Waals surface area contributed by atoms with E-state index in [2.05, 4.69) is 39.9 Å². The van der Waals surface area contributed by atoms with E-state index >= 15 is 0 Å². The molecule has 5 nitrogen and oxygen atoms in total. The molecule has 5 heteroatoms. The molecule has 0 aliphatic carbocycles. The van der Waals surface area contributed by atoms with Crippen molar-refractivity contribution in [3.05, 3.63) is 59.8 Å². The summed E-state index contributed by atoms with van der Waals surface area (Å²) in [6.07, 6.45) is 5.33. The second-order valence-corrected chi connectivity index (χ2v) is 6.83. The number of ether oxygens (including phenoxy) is 1. The molecule has 0 spiro atoms. The van der Waals surface area contributed by atoms with Crippen molar-refractivity contribution >= 4 is 11.7 Å². The molecule has 2 aromatic rings. The number of aryl methyl sites for hydroxylation is 1. The third kappa shape index (κ3) is 4.82. The van der Waals surface area contributed by atoms with Crippen LogP contribution in [0.5, 0.6) is 0 Å². The lowest BCUT2D eigenvalue weighted by Crippen LogP contribution is -2.42. The lowest BCUT2D eigenvalue weighted by atomic mass is 9.91. The van der Waals surface area contributed by atoms with Gasteiger partial charge in [0.2, 0.25) is 5.91 Å². The van der Waals surface area contributed by atoms with Gasteiger partial charge in [-0.05, 0) is 37.3 Å². The monoisotopic (exact) mass is 353 g/mol. The fourth-order valence-corrected chi connectivity index (χ4v) is 3.67. The Morgan fingerprint density at radius 2 is 2.00 bits per heavy atom. The second kappa shape index (κ2) is 8.81. The number of hydrogen-bond acceptors (Lipinski definition) is 4. The fourth-order valence-electron chi connectivity index (χ4n) is 3.67. The molecule has 1 aliphatic heterocycles. The number of nitrogens with zero attached hydrogens (tertiary/aromatic N) is 1. The van der Waals surface area contributed by atoms with Crippen LogP contribution in [-0.4, -0.2) is 30.1 Å². The average Bonchev–Trinajstić information content (AvgIpc) is 2.66. The smallest absolute Gasteiger partial charge is 0.217 e. The van der Waals surface area contributed by atoms with Gasteiger partial charge in [-0.1, -0.05) is 36.4 Å². The fraction of sp³-hybridized carbons (Fsp3) is 0.429. The van der Waals surface area contributed by atoms with Gasteiger partial charge in [0.15, 0.2) is 0 Å². The molecule has 0 bridgehead atoms. The zero-order chi connectivity index (χ0) is 18.4. The Morgan fingerprint density at radius 1 is 1.19 bits per heavy atom. The first-order valence-corrected chi connectivity index (χ1v) is 9.25. The number of nitrogens with one attached hydrogen (secondary N) is 2. The standard InChI is InChI=1S/C21H27N3O2/c1-15(25)24-17-13-18(11-10-16-7-4-3-5-8-16)26-20(14-17)19-9-6-12-23-21(19)22-2/h3-9,12,17-18,20H,10-11,13-14H2,1-2H3,(H,22,23)(H,24,25)/t17-,18+,20+/m1/s1. The maximum absolute atomic E-state index is 11.6. The van der Waals surface area contributed by atoms with Crippen molar-refractivity contribution in [3.63, 3.8) is 0 Å². The van der Waals surface area contributed by atoms with Gasteiger partial charge in [0.1, 0.15) is 5.82 Å². The van der Waals surface area contributed by atoms with E-state index in [0.29, 0.717) is 0 Å². The van der Waals surface area contributed by atoms with Crippen molar-refractivity contribution in [2.75, 3.05) is 12.4 Å². The molecule has 1 amide bonds. The quantitative estimate of drug-likeness (QED) is 0.834. The summed E-state index contributed by atoms with van der Waals surface area (Å²) in [6, 6.07) is 14.6. The molecule has 1 aromatic carbocycles. The zero-order valence-corrected chi connectivity index (χ0v) is 15.4. The largest absolute Gasteiger partial charge is 0.373 e. The summed E-state index contributed by atoms with van der Waals surface area (Å²) in [5.74, 6) is 0.847. The van der Waals surface area contributed by atoms with Gasteiger partial charge in [0.05, 0.1) is 12.2 Å². The first-order valence-electron chi connectivity index (χ1n) is 9.25. The number of amides is 1. The summed E-state index contributed by atoms with van der Waals surface area (Å²) in [5.41, 5.74) is 2.36. The Labute approximate surface area is 155 Å². The van der Waals surface area contributed by atoms with E-state index in [9.17, 15) is 4.79 Å². The molecule has 2 heterocycles. The molecular formula is C21H27N3O2. The van der Waals surface area contributed by atoms with Crippen LogP contribution in [0.4, 0.5) is 5.82 Å². The van der Waals surface area contributed by atoms with Crippen LogP contribution in [0.1, 0.15) is 43.4 Å². The third-order valence-corrected chi connectivity index (χ3v) is 4.83. The van der Waals surface area contributed by atoms with Crippen molar-refractivity contribution in [1.82, 2.24) is 10.3 Å². The van der Waals surface area contributed by atoms with Crippen molar-refractivity contribution in [3.8, 4) is 0 Å². The zero-order valence-electron chi connectivity index (χ0n) is 15.4. The Hall–Kier alpha value is -2.40. The van der Waals surface area contributed by atoms with E-state index in [1.807, 2.05) is 25.2 Å². The van der Waals surface area contributed by atoms with Crippen molar-refractivity contribution in [2.45, 2.75) is 50.9 Å². The van der Waals surface area contributed by atoms with Crippen LogP contribution < -0.4 is 10.6 Å². The van der Waals surface area contributed by atoms with Gasteiger partial charge in [0.25, 0.3) is 0 Å². The Morgan fingerprint density at radius 3 is 2.73 bits per heavy atom. The minimum Gasteiger partial charge on any atom is -0.373 e. The number of carbonyl (C=O) groups is 1. The number of carbonyl (C=O) groups excluding carboxylic acids is 1. The molecule has 1 aliphatic rings. The van der Waals surface area contributed by atoms with Crippen LogP contribution in [0, 0.1) is 0 Å². The summed E-state index contributed by atoms with van der Waals surface area (Å²) in [7, 11) is 1.87. The minimum atomic E-state index is -0.0717. The molecule has 0 radical (unpaired) electrons. The molecule has 138 valence electrons. The van der Waals surface area contributed by atoms with Crippen LogP contribution in [0.15, 0.2) is 48.7 Å². The summed E-state index contributed by atoms with van der Waals surface area (Å²) < 4.78 is 6.42. The maximum atomic E-state index is 11.6. The van der Waals surface area contributed by atoms with E-state index in [0.717, 1.165) is 37.1 Å². The molecular weight excluding hydrogens is 326 g/mol. The highest BCUT2D eigenvalue weighted by Gasteiger charge is 2.32. The lowest BCUT2D eigenvalue weighted by molar-refractivity contribution is -0.122. The number of rotatable bonds is 6. The van der Waals surface area contributed by atoms with Crippen molar-refractivity contribution in [2.24, 2.45) is 0 Å². The molecule has 2 N–H and O–H groups in total.